The molecule has 0 bridgehead atoms. The van der Waals surface area contributed by atoms with Crippen molar-refractivity contribution in [1.82, 2.24) is 10.3 Å². The van der Waals surface area contributed by atoms with Crippen LogP contribution in [0.25, 0.3) is 0 Å². The molecule has 116 valence electrons. The zero-order chi connectivity index (χ0) is 15.1. The quantitative estimate of drug-likeness (QED) is 0.797. The Morgan fingerprint density at radius 2 is 2.10 bits per heavy atom. The Labute approximate surface area is 120 Å². The van der Waals surface area contributed by atoms with E-state index in [0.717, 1.165) is 13.0 Å². The molecule has 2 aliphatic rings. The van der Waals surface area contributed by atoms with Crippen molar-refractivity contribution in [3.63, 3.8) is 0 Å². The Kier molecular flexibility index (Phi) is 3.57. The molecule has 3 rings (SSSR count). The lowest BCUT2D eigenvalue weighted by Crippen LogP contribution is -2.47. The Morgan fingerprint density at radius 3 is 2.62 bits per heavy atom. The van der Waals surface area contributed by atoms with Crippen LogP contribution >= 0.6 is 0 Å². The Morgan fingerprint density at radius 1 is 1.33 bits per heavy atom. The van der Waals surface area contributed by atoms with Gasteiger partial charge in [0.15, 0.2) is 0 Å². The van der Waals surface area contributed by atoms with E-state index >= 15 is 0 Å². The van der Waals surface area contributed by atoms with Crippen LogP contribution in [-0.4, -0.2) is 41.5 Å². The fourth-order valence-electron chi connectivity index (χ4n) is 2.82. The molecule has 0 unspecified atom stereocenters. The molecule has 7 heteroatoms. The van der Waals surface area contributed by atoms with E-state index in [1.807, 2.05) is 0 Å². The van der Waals surface area contributed by atoms with Crippen LogP contribution in [-0.2, 0) is 5.41 Å². The van der Waals surface area contributed by atoms with E-state index in [-0.39, 0.29) is 24.4 Å². The highest BCUT2D eigenvalue weighted by atomic mass is 19.4. The first-order chi connectivity index (χ1) is 9.92. The minimum Gasteiger partial charge on any atom is -0.390 e. The van der Waals surface area contributed by atoms with Gasteiger partial charge in [-0.1, -0.05) is 6.07 Å². The predicted molar refractivity (Wildman–Crippen MR) is 72.1 cm³/mol. The number of hydrogen-bond donors (Lipinski definition) is 3. The van der Waals surface area contributed by atoms with Gasteiger partial charge in [0, 0.05) is 12.7 Å². The van der Waals surface area contributed by atoms with Crippen molar-refractivity contribution in [3.05, 3.63) is 23.9 Å². The van der Waals surface area contributed by atoms with Crippen molar-refractivity contribution < 1.29 is 18.3 Å². The number of halogens is 3. The molecule has 1 aliphatic carbocycles. The molecule has 2 fully saturated rings. The molecule has 0 amide bonds. The van der Waals surface area contributed by atoms with Gasteiger partial charge in [-0.3, -0.25) is 0 Å². The third-order valence-corrected chi connectivity index (χ3v) is 4.39. The number of anilines is 1. The first-order valence-electron chi connectivity index (χ1n) is 7.11. The lowest BCUT2D eigenvalue weighted by molar-refractivity contribution is -0.160. The van der Waals surface area contributed by atoms with E-state index in [0.29, 0.717) is 12.4 Å². The molecule has 2 heterocycles. The molecule has 1 aliphatic heterocycles. The summed E-state index contributed by atoms with van der Waals surface area (Å²) >= 11 is 0. The van der Waals surface area contributed by atoms with Gasteiger partial charge in [-0.2, -0.15) is 13.2 Å². The second kappa shape index (κ2) is 5.14. The highest BCUT2D eigenvalue weighted by Gasteiger charge is 2.64. The van der Waals surface area contributed by atoms with Crippen molar-refractivity contribution in [3.8, 4) is 0 Å². The molecule has 3 N–H and O–H groups in total. The van der Waals surface area contributed by atoms with E-state index < -0.39 is 17.7 Å². The minimum atomic E-state index is -4.21. The molecule has 1 saturated heterocycles. The van der Waals surface area contributed by atoms with Gasteiger partial charge < -0.3 is 15.7 Å². The van der Waals surface area contributed by atoms with Crippen LogP contribution in [0, 0.1) is 0 Å². The lowest BCUT2D eigenvalue weighted by atomic mass is 9.97. The number of aliphatic hydroxyl groups excluding tert-OH is 1. The monoisotopic (exact) mass is 301 g/mol. The van der Waals surface area contributed by atoms with Gasteiger partial charge in [0.05, 0.1) is 17.6 Å². The molecule has 1 saturated carbocycles. The van der Waals surface area contributed by atoms with Crippen LogP contribution in [0.3, 0.4) is 0 Å². The number of hydrogen-bond acceptors (Lipinski definition) is 4. The average molecular weight is 301 g/mol. The van der Waals surface area contributed by atoms with Gasteiger partial charge in [0.2, 0.25) is 0 Å². The number of nitrogens with one attached hydrogen (secondary N) is 2. The summed E-state index contributed by atoms with van der Waals surface area (Å²) in [6, 6.07) is 2.93. The maximum Gasteiger partial charge on any atom is 0.398 e. The topological polar surface area (TPSA) is 57.2 Å². The van der Waals surface area contributed by atoms with Crippen molar-refractivity contribution in [2.24, 2.45) is 0 Å². The summed E-state index contributed by atoms with van der Waals surface area (Å²) < 4.78 is 39.1. The fraction of sp³-hybridized carbons (Fsp3) is 0.643. The summed E-state index contributed by atoms with van der Waals surface area (Å²) in [4.78, 5) is 4.08. The van der Waals surface area contributed by atoms with Crippen LogP contribution in [0.1, 0.15) is 24.8 Å². The average Bonchev–Trinajstić information content (AvgIpc) is 3.23. The Bertz CT molecular complexity index is 499. The van der Waals surface area contributed by atoms with Gasteiger partial charge >= 0.3 is 6.18 Å². The second-order valence-corrected chi connectivity index (χ2v) is 5.82. The van der Waals surface area contributed by atoms with Crippen LogP contribution in [0.2, 0.25) is 0 Å². The molecular formula is C14H18F3N3O. The molecular weight excluding hydrogens is 283 g/mol. The van der Waals surface area contributed by atoms with Crippen LogP contribution < -0.4 is 10.6 Å². The van der Waals surface area contributed by atoms with E-state index in [1.165, 1.54) is 12.3 Å². The van der Waals surface area contributed by atoms with Crippen molar-refractivity contribution in [2.75, 3.05) is 18.4 Å². The van der Waals surface area contributed by atoms with Gasteiger partial charge in [-0.15, -0.1) is 0 Å². The third kappa shape index (κ3) is 2.72. The van der Waals surface area contributed by atoms with Gasteiger partial charge in [0.1, 0.15) is 5.82 Å². The third-order valence-electron chi connectivity index (χ3n) is 4.39. The maximum atomic E-state index is 13.0. The Balaban J connectivity index is 1.70. The van der Waals surface area contributed by atoms with Gasteiger partial charge in [-0.25, -0.2) is 4.98 Å². The molecule has 0 spiro atoms. The Hall–Kier alpha value is -1.34. The summed E-state index contributed by atoms with van der Waals surface area (Å²) in [6.07, 6.45) is -2.41. The lowest BCUT2D eigenvalue weighted by Gasteiger charge is -2.29. The number of pyridine rings is 1. The van der Waals surface area contributed by atoms with Crippen molar-refractivity contribution >= 4 is 5.82 Å². The predicted octanol–water partition coefficient (Wildman–Crippen LogP) is 1.81. The molecule has 0 aromatic carbocycles. The van der Waals surface area contributed by atoms with E-state index in [4.69, 9.17) is 0 Å². The number of aromatic nitrogens is 1. The van der Waals surface area contributed by atoms with Crippen LogP contribution in [0.5, 0.6) is 0 Å². The summed E-state index contributed by atoms with van der Waals surface area (Å²) in [5.41, 5.74) is -1.46. The normalized spacial score (nSPS) is 28.2. The molecule has 0 radical (unpaired) electrons. The van der Waals surface area contributed by atoms with Gasteiger partial charge in [0.25, 0.3) is 0 Å². The molecule has 4 nitrogen and oxygen atoms in total. The number of alkyl halides is 3. The molecule has 1 aromatic heterocycles. The number of rotatable bonds is 3. The fourth-order valence-corrected chi connectivity index (χ4v) is 2.82. The number of piperidine rings is 1. The highest BCUT2D eigenvalue weighted by Crippen LogP contribution is 2.58. The van der Waals surface area contributed by atoms with E-state index in [2.05, 4.69) is 15.6 Å². The summed E-state index contributed by atoms with van der Waals surface area (Å²) in [6.45, 7) is 1.30. The molecule has 1 aromatic rings. The summed E-state index contributed by atoms with van der Waals surface area (Å²) in [7, 11) is 0. The first-order valence-corrected chi connectivity index (χ1v) is 7.11. The molecule has 21 heavy (non-hydrogen) atoms. The van der Waals surface area contributed by atoms with Crippen molar-refractivity contribution in [2.45, 2.75) is 43.0 Å². The standard InChI is InChI=1S/C14H18F3N3O/c15-14(16,17)13(4-5-13)9-1-2-12(19-7-9)20-10-3-6-18-8-11(10)21/h1-2,7,10-11,18,21H,3-6,8H2,(H,19,20)/t10-,11+/m1/s1. The second-order valence-electron chi connectivity index (χ2n) is 5.82. The number of aliphatic hydroxyl groups is 1. The summed E-state index contributed by atoms with van der Waals surface area (Å²) in [5.74, 6) is 0.502. The van der Waals surface area contributed by atoms with E-state index in [9.17, 15) is 18.3 Å². The van der Waals surface area contributed by atoms with Gasteiger partial charge in [-0.05, 0) is 37.4 Å². The zero-order valence-electron chi connectivity index (χ0n) is 11.5. The van der Waals surface area contributed by atoms with E-state index in [1.54, 1.807) is 6.07 Å². The van der Waals surface area contributed by atoms with Crippen LogP contribution in [0.15, 0.2) is 18.3 Å². The number of nitrogens with zero attached hydrogens (tertiary/aromatic N) is 1. The SMILES string of the molecule is O[C@H]1CNCC[C@H]1Nc1ccc(C2(C(F)(F)F)CC2)cn1. The smallest absolute Gasteiger partial charge is 0.390 e. The summed E-state index contributed by atoms with van der Waals surface area (Å²) in [5, 5.41) is 16.0. The number of β-amino-alcohol motifs (C(OH)–C–C–N with tert-alkyl or cyclic N) is 1. The highest BCUT2D eigenvalue weighted by molar-refractivity contribution is 5.41. The largest absolute Gasteiger partial charge is 0.398 e. The van der Waals surface area contributed by atoms with Crippen molar-refractivity contribution in [1.29, 1.82) is 0 Å². The first kappa shape index (κ1) is 14.6. The van der Waals surface area contributed by atoms with Crippen LogP contribution in [0.4, 0.5) is 19.0 Å². The minimum absolute atomic E-state index is 0.123. The molecule has 2 atom stereocenters. The maximum absolute atomic E-state index is 13.0. The zero-order valence-corrected chi connectivity index (χ0v) is 11.5.